The molecule has 0 bridgehead atoms. The van der Waals surface area contributed by atoms with Gasteiger partial charge in [-0.3, -0.25) is 14.8 Å². The molecule has 0 unspecified atom stereocenters. The fourth-order valence-electron chi connectivity index (χ4n) is 1.29. The highest BCUT2D eigenvalue weighted by atomic mass is 32.2. The number of benzene rings is 1. The Morgan fingerprint density at radius 1 is 1.50 bits per heavy atom. The fraction of sp³-hybridized carbons (Fsp3) is 0.125. The van der Waals surface area contributed by atoms with Gasteiger partial charge in [0.2, 0.25) is 0 Å². The molecular weight excluding hydrogens is 234 g/mol. The number of ether oxygens (including phenoxy) is 1. The summed E-state index contributed by atoms with van der Waals surface area (Å²) >= 11 is 1.01. The van der Waals surface area contributed by atoms with E-state index in [9.17, 15) is 14.9 Å². The molecule has 1 heterocycles. The third-order valence-electron chi connectivity index (χ3n) is 1.97. The molecule has 16 heavy (non-hydrogen) atoms. The lowest BCUT2D eigenvalue weighted by Crippen LogP contribution is -2.27. The van der Waals surface area contributed by atoms with Crippen LogP contribution in [0, 0.1) is 10.1 Å². The van der Waals surface area contributed by atoms with Crippen molar-refractivity contribution in [1.82, 2.24) is 4.72 Å². The van der Waals surface area contributed by atoms with Crippen molar-refractivity contribution in [3.63, 3.8) is 0 Å². The van der Waals surface area contributed by atoms with E-state index >= 15 is 0 Å². The van der Waals surface area contributed by atoms with Gasteiger partial charge in [0.1, 0.15) is 5.69 Å². The van der Waals surface area contributed by atoms with Crippen LogP contribution in [0.1, 0.15) is 0 Å². The number of nitrogens with zero attached hydrogens (tertiary/aromatic N) is 1. The van der Waals surface area contributed by atoms with E-state index in [0.717, 1.165) is 11.9 Å². The van der Waals surface area contributed by atoms with Crippen LogP contribution in [0.25, 0.3) is 0 Å². The van der Waals surface area contributed by atoms with Crippen LogP contribution in [0.5, 0.6) is 5.75 Å². The Labute approximate surface area is 94.4 Å². The van der Waals surface area contributed by atoms with E-state index in [4.69, 9.17) is 4.74 Å². The van der Waals surface area contributed by atoms with Gasteiger partial charge in [0.25, 0.3) is 5.69 Å². The molecular formula is C8H7N3O4S. The van der Waals surface area contributed by atoms with Gasteiger partial charge in [-0.1, -0.05) is 0 Å². The number of fused-ring (bicyclic) bond motifs is 1. The molecule has 7 nitrogen and oxygen atoms in total. The molecule has 0 saturated heterocycles. The van der Waals surface area contributed by atoms with E-state index in [1.165, 1.54) is 19.2 Å². The van der Waals surface area contributed by atoms with Crippen molar-refractivity contribution in [2.45, 2.75) is 4.90 Å². The minimum atomic E-state index is -0.514. The number of carbonyl (C=O) groups excluding carboxylic acids is 1. The number of anilines is 1. The van der Waals surface area contributed by atoms with Crippen molar-refractivity contribution < 1.29 is 14.5 Å². The molecule has 2 rings (SSSR count). The number of methoxy groups -OCH3 is 1. The number of carbonyl (C=O) groups is 1. The summed E-state index contributed by atoms with van der Waals surface area (Å²) in [6.45, 7) is 0. The van der Waals surface area contributed by atoms with Gasteiger partial charge in [0, 0.05) is 6.07 Å². The van der Waals surface area contributed by atoms with Crippen LogP contribution in [0.15, 0.2) is 17.0 Å². The Hall–Kier alpha value is -1.96. The molecule has 1 aliphatic heterocycles. The lowest BCUT2D eigenvalue weighted by Gasteiger charge is -2.18. The van der Waals surface area contributed by atoms with Crippen molar-refractivity contribution in [1.29, 1.82) is 0 Å². The molecule has 0 spiro atoms. The Morgan fingerprint density at radius 2 is 2.25 bits per heavy atom. The summed E-state index contributed by atoms with van der Waals surface area (Å²) in [5.74, 6) is 0.270. The summed E-state index contributed by atoms with van der Waals surface area (Å²) in [6, 6.07) is 2.25. The maximum absolute atomic E-state index is 11.1. The Morgan fingerprint density at radius 3 is 2.88 bits per heavy atom. The van der Waals surface area contributed by atoms with Gasteiger partial charge in [-0.15, -0.1) is 0 Å². The van der Waals surface area contributed by atoms with Gasteiger partial charge in [-0.2, -0.15) is 0 Å². The minimum Gasteiger partial charge on any atom is -0.494 e. The van der Waals surface area contributed by atoms with E-state index in [-0.39, 0.29) is 17.5 Å². The van der Waals surface area contributed by atoms with Crippen LogP contribution in [0.4, 0.5) is 16.2 Å². The number of nitrogens with one attached hydrogen (secondary N) is 2. The minimum absolute atomic E-state index is 0.0824. The summed E-state index contributed by atoms with van der Waals surface area (Å²) in [5.41, 5.74) is 0.364. The van der Waals surface area contributed by atoms with E-state index in [2.05, 4.69) is 10.0 Å². The smallest absolute Gasteiger partial charge is 0.329 e. The Balaban J connectivity index is 2.54. The quantitative estimate of drug-likeness (QED) is 0.467. The standard InChI is InChI=1S/C8H7N3O4S/c1-15-5-2-4(11(13)14)3-6-7(5)9-8(12)10-16-6/h2-3H,1H3,(H2,9,10,12). The van der Waals surface area contributed by atoms with E-state index in [1.807, 2.05) is 0 Å². The second kappa shape index (κ2) is 3.89. The molecule has 84 valence electrons. The van der Waals surface area contributed by atoms with E-state index in [0.29, 0.717) is 10.6 Å². The van der Waals surface area contributed by atoms with Crippen LogP contribution < -0.4 is 14.8 Å². The van der Waals surface area contributed by atoms with Crippen molar-refractivity contribution in [2.24, 2.45) is 0 Å². The molecule has 2 amide bonds. The zero-order valence-corrected chi connectivity index (χ0v) is 8.96. The first-order valence-corrected chi connectivity index (χ1v) is 5.03. The zero-order chi connectivity index (χ0) is 11.7. The van der Waals surface area contributed by atoms with Crippen LogP contribution in [0.2, 0.25) is 0 Å². The topological polar surface area (TPSA) is 93.5 Å². The van der Waals surface area contributed by atoms with E-state index < -0.39 is 4.92 Å². The van der Waals surface area contributed by atoms with Crippen LogP contribution >= 0.6 is 11.9 Å². The van der Waals surface area contributed by atoms with Crippen molar-refractivity contribution in [3.8, 4) is 5.75 Å². The molecule has 8 heteroatoms. The van der Waals surface area contributed by atoms with Gasteiger partial charge in [-0.05, 0) is 11.9 Å². The Bertz CT molecular complexity index is 459. The third kappa shape index (κ3) is 1.74. The van der Waals surface area contributed by atoms with Gasteiger partial charge in [-0.25, -0.2) is 4.79 Å². The molecule has 0 aliphatic carbocycles. The van der Waals surface area contributed by atoms with E-state index in [1.54, 1.807) is 0 Å². The fourth-order valence-corrected chi connectivity index (χ4v) is 1.97. The predicted molar refractivity (Wildman–Crippen MR) is 57.7 cm³/mol. The van der Waals surface area contributed by atoms with Crippen LogP contribution in [-0.2, 0) is 0 Å². The highest BCUT2D eigenvalue weighted by Crippen LogP contribution is 2.40. The highest BCUT2D eigenvalue weighted by Gasteiger charge is 2.23. The normalized spacial score (nSPS) is 13.4. The molecule has 0 radical (unpaired) electrons. The first-order valence-electron chi connectivity index (χ1n) is 4.22. The monoisotopic (exact) mass is 241 g/mol. The summed E-state index contributed by atoms with van der Waals surface area (Å²) in [4.78, 5) is 21.8. The van der Waals surface area contributed by atoms with Gasteiger partial charge in [0.05, 0.1) is 23.0 Å². The second-order valence-electron chi connectivity index (χ2n) is 2.94. The maximum Gasteiger partial charge on any atom is 0.329 e. The SMILES string of the molecule is COc1cc([N+](=O)[O-])cc2c1NC(=O)NS2. The summed E-state index contributed by atoms with van der Waals surface area (Å²) < 4.78 is 7.44. The molecule has 2 N–H and O–H groups in total. The highest BCUT2D eigenvalue weighted by molar-refractivity contribution is 7.98. The van der Waals surface area contributed by atoms with Gasteiger partial charge in [0.15, 0.2) is 5.75 Å². The number of urea groups is 1. The number of rotatable bonds is 2. The van der Waals surface area contributed by atoms with Crippen molar-refractivity contribution >= 4 is 29.4 Å². The molecule has 0 aromatic heterocycles. The molecule has 1 aromatic rings. The third-order valence-corrected chi connectivity index (χ3v) is 2.80. The molecule has 0 fully saturated rings. The van der Waals surface area contributed by atoms with Crippen molar-refractivity contribution in [3.05, 3.63) is 22.2 Å². The number of amides is 2. The summed E-state index contributed by atoms with van der Waals surface area (Å²) in [7, 11) is 1.39. The average molecular weight is 241 g/mol. The van der Waals surface area contributed by atoms with Crippen LogP contribution in [0.3, 0.4) is 0 Å². The first-order chi connectivity index (χ1) is 7.61. The zero-order valence-electron chi connectivity index (χ0n) is 8.14. The first kappa shape index (κ1) is 10.6. The predicted octanol–water partition coefficient (Wildman–Crippen LogP) is 1.75. The van der Waals surface area contributed by atoms with Gasteiger partial charge < -0.3 is 10.1 Å². The lowest BCUT2D eigenvalue weighted by atomic mass is 10.2. The molecule has 0 saturated carbocycles. The average Bonchev–Trinajstić information content (AvgIpc) is 2.27. The number of hydrogen-bond donors (Lipinski definition) is 2. The maximum atomic E-state index is 11.1. The second-order valence-corrected chi connectivity index (χ2v) is 3.78. The van der Waals surface area contributed by atoms with Crippen molar-refractivity contribution in [2.75, 3.05) is 12.4 Å². The lowest BCUT2D eigenvalue weighted by molar-refractivity contribution is -0.385. The largest absolute Gasteiger partial charge is 0.494 e. The summed E-state index contributed by atoms with van der Waals surface area (Å²) in [5, 5.41) is 13.2. The van der Waals surface area contributed by atoms with Gasteiger partial charge >= 0.3 is 6.03 Å². The number of non-ortho nitro benzene ring substituents is 1. The number of hydrogen-bond acceptors (Lipinski definition) is 5. The van der Waals surface area contributed by atoms with Crippen LogP contribution in [-0.4, -0.2) is 18.1 Å². The molecule has 1 aromatic carbocycles. The molecule has 0 atom stereocenters. The number of nitro groups is 1. The Kier molecular flexibility index (Phi) is 2.57. The number of nitro benzene ring substituents is 1. The molecule has 1 aliphatic rings. The summed E-state index contributed by atoms with van der Waals surface area (Å²) in [6.07, 6.45) is 0.